The summed E-state index contributed by atoms with van der Waals surface area (Å²) in [5.41, 5.74) is 1.77. The van der Waals surface area contributed by atoms with E-state index in [1.165, 1.54) is 0 Å². The molecule has 1 rings (SSSR count). The van der Waals surface area contributed by atoms with Gasteiger partial charge in [-0.3, -0.25) is 4.79 Å². The van der Waals surface area contributed by atoms with E-state index in [1.807, 2.05) is 19.1 Å². The van der Waals surface area contributed by atoms with E-state index in [4.69, 9.17) is 9.47 Å². The van der Waals surface area contributed by atoms with Crippen LogP contribution in [0.3, 0.4) is 0 Å². The molecule has 0 saturated carbocycles. The average Bonchev–Trinajstić information content (AvgIpc) is 2.30. The molecule has 4 nitrogen and oxygen atoms in total. The van der Waals surface area contributed by atoms with E-state index in [1.54, 1.807) is 28.2 Å². The third-order valence-electron chi connectivity index (χ3n) is 2.75. The first-order chi connectivity index (χ1) is 8.04. The van der Waals surface area contributed by atoms with Crippen molar-refractivity contribution in [3.63, 3.8) is 0 Å². The van der Waals surface area contributed by atoms with E-state index in [-0.39, 0.29) is 11.8 Å². The van der Waals surface area contributed by atoms with Gasteiger partial charge in [0.2, 0.25) is 0 Å². The predicted octanol–water partition coefficient (Wildman–Crippen LogP) is 1.86. The SMILES string of the molecule is CNC(C(C)=O)c1cc(OC)c(C)cc1OC. The summed E-state index contributed by atoms with van der Waals surface area (Å²) >= 11 is 0. The van der Waals surface area contributed by atoms with Crippen LogP contribution in [0.15, 0.2) is 12.1 Å². The highest BCUT2D eigenvalue weighted by atomic mass is 16.5. The van der Waals surface area contributed by atoms with Gasteiger partial charge >= 0.3 is 0 Å². The minimum atomic E-state index is -0.376. The molecule has 0 radical (unpaired) electrons. The Morgan fingerprint density at radius 3 is 2.24 bits per heavy atom. The normalized spacial score (nSPS) is 12.1. The number of carbonyl (C=O) groups is 1. The maximum Gasteiger partial charge on any atom is 0.151 e. The van der Waals surface area contributed by atoms with Crippen LogP contribution in [0.4, 0.5) is 0 Å². The molecule has 17 heavy (non-hydrogen) atoms. The number of likely N-dealkylation sites (N-methyl/N-ethyl adjacent to an activating group) is 1. The second-order valence-corrected chi connectivity index (χ2v) is 3.90. The standard InChI is InChI=1S/C13H19NO3/c1-8-6-12(17-5)10(7-11(8)16-4)13(14-3)9(2)15/h6-7,13-14H,1-5H3. The highest BCUT2D eigenvalue weighted by molar-refractivity contribution is 5.84. The molecule has 0 saturated heterocycles. The Morgan fingerprint density at radius 2 is 1.82 bits per heavy atom. The Bertz CT molecular complexity index is 415. The molecule has 0 spiro atoms. The highest BCUT2D eigenvalue weighted by Gasteiger charge is 2.20. The summed E-state index contributed by atoms with van der Waals surface area (Å²) in [4.78, 5) is 11.6. The van der Waals surface area contributed by atoms with Gasteiger partial charge in [-0.15, -0.1) is 0 Å². The van der Waals surface area contributed by atoms with Crippen LogP contribution in [-0.4, -0.2) is 27.1 Å². The van der Waals surface area contributed by atoms with Crippen molar-refractivity contribution in [2.45, 2.75) is 19.9 Å². The lowest BCUT2D eigenvalue weighted by atomic mass is 10.00. The smallest absolute Gasteiger partial charge is 0.151 e. The van der Waals surface area contributed by atoms with Gasteiger partial charge in [0, 0.05) is 5.56 Å². The van der Waals surface area contributed by atoms with Gasteiger partial charge in [-0.25, -0.2) is 0 Å². The minimum Gasteiger partial charge on any atom is -0.496 e. The van der Waals surface area contributed by atoms with Gasteiger partial charge in [0.1, 0.15) is 11.5 Å². The minimum absolute atomic E-state index is 0.0386. The van der Waals surface area contributed by atoms with Gasteiger partial charge in [-0.2, -0.15) is 0 Å². The summed E-state index contributed by atoms with van der Waals surface area (Å²) in [6, 6.07) is 3.34. The van der Waals surface area contributed by atoms with Crippen molar-refractivity contribution in [1.82, 2.24) is 5.32 Å². The third kappa shape index (κ3) is 2.77. The fourth-order valence-electron chi connectivity index (χ4n) is 1.88. The number of rotatable bonds is 5. The molecular formula is C13H19NO3. The lowest BCUT2D eigenvalue weighted by molar-refractivity contribution is -0.119. The monoisotopic (exact) mass is 237 g/mol. The summed E-state index contributed by atoms with van der Waals surface area (Å²) in [5, 5.41) is 2.98. The Morgan fingerprint density at radius 1 is 1.24 bits per heavy atom. The zero-order valence-electron chi connectivity index (χ0n) is 11.0. The first kappa shape index (κ1) is 13.5. The molecule has 94 valence electrons. The Balaban J connectivity index is 3.33. The fourth-order valence-corrected chi connectivity index (χ4v) is 1.88. The summed E-state index contributed by atoms with van der Waals surface area (Å²) in [6.45, 7) is 3.49. The van der Waals surface area contributed by atoms with Gasteiger partial charge in [-0.1, -0.05) is 0 Å². The number of carbonyl (C=O) groups excluding carboxylic acids is 1. The first-order valence-electron chi connectivity index (χ1n) is 5.45. The number of nitrogens with one attached hydrogen (secondary N) is 1. The Kier molecular flexibility index (Phi) is 4.52. The van der Waals surface area contributed by atoms with Gasteiger partial charge in [0.25, 0.3) is 0 Å². The molecule has 1 N–H and O–H groups in total. The Hall–Kier alpha value is -1.55. The second kappa shape index (κ2) is 5.68. The maximum atomic E-state index is 11.6. The lowest BCUT2D eigenvalue weighted by Gasteiger charge is -2.18. The molecule has 0 fully saturated rings. The quantitative estimate of drug-likeness (QED) is 0.849. The van der Waals surface area contributed by atoms with E-state index in [2.05, 4.69) is 5.32 Å². The first-order valence-corrected chi connectivity index (χ1v) is 5.45. The molecule has 0 aromatic heterocycles. The number of hydrogen-bond donors (Lipinski definition) is 1. The van der Waals surface area contributed by atoms with Crippen molar-refractivity contribution in [3.8, 4) is 11.5 Å². The molecule has 4 heteroatoms. The summed E-state index contributed by atoms with van der Waals surface area (Å²) in [7, 11) is 4.95. The van der Waals surface area contributed by atoms with Crippen LogP contribution in [0.25, 0.3) is 0 Å². The molecule has 1 aromatic rings. The molecule has 0 amide bonds. The van der Waals surface area contributed by atoms with Crippen molar-refractivity contribution < 1.29 is 14.3 Å². The molecule has 1 unspecified atom stereocenters. The van der Waals surface area contributed by atoms with E-state index < -0.39 is 0 Å². The summed E-state index contributed by atoms with van der Waals surface area (Å²) in [5.74, 6) is 1.48. The molecular weight excluding hydrogens is 218 g/mol. The number of hydrogen-bond acceptors (Lipinski definition) is 4. The second-order valence-electron chi connectivity index (χ2n) is 3.90. The zero-order chi connectivity index (χ0) is 13.0. The molecule has 1 atom stereocenters. The zero-order valence-corrected chi connectivity index (χ0v) is 11.0. The van der Waals surface area contributed by atoms with Crippen LogP contribution < -0.4 is 14.8 Å². The maximum absolute atomic E-state index is 11.6. The number of ketones is 1. The van der Waals surface area contributed by atoms with Crippen LogP contribution in [0, 0.1) is 6.92 Å². The van der Waals surface area contributed by atoms with Crippen molar-refractivity contribution in [1.29, 1.82) is 0 Å². The molecule has 0 aliphatic heterocycles. The van der Waals surface area contributed by atoms with Crippen molar-refractivity contribution >= 4 is 5.78 Å². The van der Waals surface area contributed by atoms with Crippen molar-refractivity contribution in [2.75, 3.05) is 21.3 Å². The van der Waals surface area contributed by atoms with Crippen LogP contribution in [0.1, 0.15) is 24.1 Å². The predicted molar refractivity (Wildman–Crippen MR) is 66.8 cm³/mol. The summed E-state index contributed by atoms with van der Waals surface area (Å²) < 4.78 is 10.6. The molecule has 0 bridgehead atoms. The van der Waals surface area contributed by atoms with E-state index >= 15 is 0 Å². The average molecular weight is 237 g/mol. The largest absolute Gasteiger partial charge is 0.496 e. The fraction of sp³-hybridized carbons (Fsp3) is 0.462. The number of aryl methyl sites for hydroxylation is 1. The van der Waals surface area contributed by atoms with Gasteiger partial charge in [0.05, 0.1) is 20.3 Å². The Labute approximate surface area is 102 Å². The van der Waals surface area contributed by atoms with Crippen LogP contribution in [0.5, 0.6) is 11.5 Å². The van der Waals surface area contributed by atoms with Crippen molar-refractivity contribution in [2.24, 2.45) is 0 Å². The molecule has 1 aromatic carbocycles. The number of benzene rings is 1. The number of Topliss-reactive ketones (excluding diaryl/α,β-unsaturated/α-hetero) is 1. The lowest BCUT2D eigenvalue weighted by Crippen LogP contribution is -2.24. The number of methoxy groups -OCH3 is 2. The van der Waals surface area contributed by atoms with Crippen molar-refractivity contribution in [3.05, 3.63) is 23.3 Å². The third-order valence-corrected chi connectivity index (χ3v) is 2.75. The van der Waals surface area contributed by atoms with Gasteiger partial charge < -0.3 is 14.8 Å². The van der Waals surface area contributed by atoms with E-state index in [0.717, 1.165) is 16.9 Å². The number of ether oxygens (including phenoxy) is 2. The molecule has 0 aliphatic carbocycles. The van der Waals surface area contributed by atoms with Crippen LogP contribution in [0.2, 0.25) is 0 Å². The van der Waals surface area contributed by atoms with Gasteiger partial charge in [0.15, 0.2) is 5.78 Å². The highest BCUT2D eigenvalue weighted by Crippen LogP contribution is 2.32. The topological polar surface area (TPSA) is 47.6 Å². The van der Waals surface area contributed by atoms with E-state index in [0.29, 0.717) is 5.75 Å². The van der Waals surface area contributed by atoms with Gasteiger partial charge in [-0.05, 0) is 38.6 Å². The summed E-state index contributed by atoms with van der Waals surface area (Å²) in [6.07, 6.45) is 0. The van der Waals surface area contributed by atoms with Crippen LogP contribution in [-0.2, 0) is 4.79 Å². The molecule has 0 aliphatic rings. The molecule has 0 heterocycles. The van der Waals surface area contributed by atoms with E-state index in [9.17, 15) is 4.79 Å². The van der Waals surface area contributed by atoms with Crippen LogP contribution >= 0.6 is 0 Å².